The van der Waals surface area contributed by atoms with Crippen LogP contribution in [-0.2, 0) is 10.9 Å². The second-order valence-electron chi connectivity index (χ2n) is 5.53. The number of rotatable bonds is 1. The van der Waals surface area contributed by atoms with Crippen molar-refractivity contribution in [1.82, 2.24) is 4.90 Å². The smallest absolute Gasteiger partial charge is 0.372 e. The van der Waals surface area contributed by atoms with Crippen LogP contribution in [0.2, 0.25) is 0 Å². The number of carbonyl (C=O) groups excluding carboxylic acids is 1. The zero-order chi connectivity index (χ0) is 15.8. The van der Waals surface area contributed by atoms with Gasteiger partial charge in [0, 0.05) is 17.6 Å². The van der Waals surface area contributed by atoms with Crippen LogP contribution in [0.4, 0.5) is 13.2 Å². The predicted octanol–water partition coefficient (Wildman–Crippen LogP) is 3.72. The van der Waals surface area contributed by atoms with Gasteiger partial charge in [-0.3, -0.25) is 4.79 Å². The standard InChI is InChI=1S/C14H15BrF3NO2/c1-13(2)8-19(5-6-21-13)12(20)10-7-9(14(16,17)18)3-4-11(10)15/h3-4,7H,5-6,8H2,1-2H3. The molecule has 0 atom stereocenters. The third-order valence-electron chi connectivity index (χ3n) is 3.24. The van der Waals surface area contributed by atoms with E-state index in [1.807, 2.05) is 13.8 Å². The molecule has 1 saturated heterocycles. The molecule has 2 rings (SSSR count). The van der Waals surface area contributed by atoms with Gasteiger partial charge in [-0.2, -0.15) is 13.2 Å². The van der Waals surface area contributed by atoms with Gasteiger partial charge in [0.15, 0.2) is 0 Å². The summed E-state index contributed by atoms with van der Waals surface area (Å²) in [4.78, 5) is 14.0. The van der Waals surface area contributed by atoms with Gasteiger partial charge in [-0.25, -0.2) is 0 Å². The highest BCUT2D eigenvalue weighted by Gasteiger charge is 2.34. The highest BCUT2D eigenvalue weighted by atomic mass is 79.9. The van der Waals surface area contributed by atoms with E-state index in [2.05, 4.69) is 15.9 Å². The third kappa shape index (κ3) is 3.77. The molecule has 0 bridgehead atoms. The average Bonchev–Trinajstić information content (AvgIpc) is 2.36. The first-order valence-electron chi connectivity index (χ1n) is 6.40. The number of benzene rings is 1. The average molecular weight is 366 g/mol. The topological polar surface area (TPSA) is 29.5 Å². The van der Waals surface area contributed by atoms with Crippen LogP contribution in [0.5, 0.6) is 0 Å². The van der Waals surface area contributed by atoms with Gasteiger partial charge < -0.3 is 9.64 Å². The summed E-state index contributed by atoms with van der Waals surface area (Å²) >= 11 is 3.15. The highest BCUT2D eigenvalue weighted by molar-refractivity contribution is 9.10. The second kappa shape index (κ2) is 5.61. The molecule has 0 unspecified atom stereocenters. The van der Waals surface area contributed by atoms with Crippen LogP contribution in [0.1, 0.15) is 29.8 Å². The molecule has 21 heavy (non-hydrogen) atoms. The maximum atomic E-state index is 12.8. The first-order chi connectivity index (χ1) is 9.60. The molecule has 116 valence electrons. The van der Waals surface area contributed by atoms with Gasteiger partial charge in [0.05, 0.1) is 23.3 Å². The quantitative estimate of drug-likeness (QED) is 0.758. The number of hydrogen-bond acceptors (Lipinski definition) is 2. The van der Waals surface area contributed by atoms with Gasteiger partial charge in [-0.15, -0.1) is 0 Å². The maximum absolute atomic E-state index is 12.8. The van der Waals surface area contributed by atoms with Gasteiger partial charge in [0.25, 0.3) is 5.91 Å². The van der Waals surface area contributed by atoms with E-state index >= 15 is 0 Å². The summed E-state index contributed by atoms with van der Waals surface area (Å²) in [6, 6.07) is 3.08. The number of alkyl halides is 3. The van der Waals surface area contributed by atoms with E-state index < -0.39 is 23.2 Å². The Kier molecular flexibility index (Phi) is 4.35. The van der Waals surface area contributed by atoms with Crippen LogP contribution in [-0.4, -0.2) is 36.1 Å². The van der Waals surface area contributed by atoms with Crippen LogP contribution in [0.3, 0.4) is 0 Å². The Hall–Kier alpha value is -1.08. The molecule has 0 aromatic heterocycles. The Morgan fingerprint density at radius 3 is 2.62 bits per heavy atom. The van der Waals surface area contributed by atoms with Crippen LogP contribution in [0.25, 0.3) is 0 Å². The summed E-state index contributed by atoms with van der Waals surface area (Å²) in [7, 11) is 0. The number of ether oxygens (including phenoxy) is 1. The van der Waals surface area contributed by atoms with Crippen molar-refractivity contribution in [3.63, 3.8) is 0 Å². The number of carbonyl (C=O) groups is 1. The van der Waals surface area contributed by atoms with Crippen molar-refractivity contribution >= 4 is 21.8 Å². The molecule has 1 aliphatic heterocycles. The van der Waals surface area contributed by atoms with Crippen LogP contribution in [0, 0.1) is 0 Å². The molecular formula is C14H15BrF3NO2. The van der Waals surface area contributed by atoms with Gasteiger partial charge in [-0.05, 0) is 48.0 Å². The van der Waals surface area contributed by atoms with E-state index in [1.54, 1.807) is 0 Å². The molecule has 1 heterocycles. The monoisotopic (exact) mass is 365 g/mol. The number of hydrogen-bond donors (Lipinski definition) is 0. The Balaban J connectivity index is 2.30. The summed E-state index contributed by atoms with van der Waals surface area (Å²) < 4.78 is 44.2. The summed E-state index contributed by atoms with van der Waals surface area (Å²) in [5.41, 5.74) is -1.31. The van der Waals surface area contributed by atoms with Crippen molar-refractivity contribution in [3.8, 4) is 0 Å². The molecule has 1 amide bonds. The first-order valence-corrected chi connectivity index (χ1v) is 7.19. The molecular weight excluding hydrogens is 351 g/mol. The molecule has 0 aliphatic carbocycles. The van der Waals surface area contributed by atoms with E-state index in [1.165, 1.54) is 11.0 Å². The van der Waals surface area contributed by atoms with Crippen LogP contribution >= 0.6 is 15.9 Å². The van der Waals surface area contributed by atoms with Gasteiger partial charge in [0.2, 0.25) is 0 Å². The Morgan fingerprint density at radius 1 is 1.38 bits per heavy atom. The van der Waals surface area contributed by atoms with E-state index in [4.69, 9.17) is 4.74 Å². The lowest BCUT2D eigenvalue weighted by Gasteiger charge is -2.38. The number of halogens is 4. The predicted molar refractivity (Wildman–Crippen MR) is 75.1 cm³/mol. The minimum atomic E-state index is -4.47. The normalized spacial score (nSPS) is 18.7. The number of nitrogens with zero attached hydrogens (tertiary/aromatic N) is 1. The second-order valence-corrected chi connectivity index (χ2v) is 6.38. The highest BCUT2D eigenvalue weighted by Crippen LogP contribution is 2.32. The number of morpholine rings is 1. The fraction of sp³-hybridized carbons (Fsp3) is 0.500. The summed E-state index contributed by atoms with van der Waals surface area (Å²) in [6.07, 6.45) is -4.47. The minimum Gasteiger partial charge on any atom is -0.372 e. The largest absolute Gasteiger partial charge is 0.416 e. The molecule has 0 radical (unpaired) electrons. The number of amides is 1. The minimum absolute atomic E-state index is 0.0162. The van der Waals surface area contributed by atoms with E-state index in [-0.39, 0.29) is 5.56 Å². The van der Waals surface area contributed by atoms with E-state index in [0.717, 1.165) is 12.1 Å². The molecule has 0 saturated carbocycles. The third-order valence-corrected chi connectivity index (χ3v) is 3.93. The Labute approximate surface area is 129 Å². The molecule has 7 heteroatoms. The van der Waals surface area contributed by atoms with Crippen LogP contribution < -0.4 is 0 Å². The van der Waals surface area contributed by atoms with Gasteiger partial charge in [-0.1, -0.05) is 0 Å². The van der Waals surface area contributed by atoms with Crippen molar-refractivity contribution in [1.29, 1.82) is 0 Å². The van der Waals surface area contributed by atoms with Crippen molar-refractivity contribution in [3.05, 3.63) is 33.8 Å². The summed E-state index contributed by atoms with van der Waals surface area (Å²) in [5, 5.41) is 0. The fourth-order valence-corrected chi connectivity index (χ4v) is 2.64. The lowest BCUT2D eigenvalue weighted by atomic mass is 10.1. The molecule has 3 nitrogen and oxygen atoms in total. The van der Waals surface area contributed by atoms with Crippen molar-refractivity contribution in [2.75, 3.05) is 19.7 Å². The zero-order valence-electron chi connectivity index (χ0n) is 11.6. The lowest BCUT2D eigenvalue weighted by Crippen LogP contribution is -2.50. The molecule has 1 fully saturated rings. The van der Waals surface area contributed by atoms with E-state index in [9.17, 15) is 18.0 Å². The maximum Gasteiger partial charge on any atom is 0.416 e. The summed E-state index contributed by atoms with van der Waals surface area (Å²) in [5.74, 6) is -0.427. The van der Waals surface area contributed by atoms with Crippen molar-refractivity contribution < 1.29 is 22.7 Å². The van der Waals surface area contributed by atoms with Crippen molar-refractivity contribution in [2.24, 2.45) is 0 Å². The first kappa shape index (κ1) is 16.3. The molecule has 0 N–H and O–H groups in total. The Bertz CT molecular complexity index is 558. The Morgan fingerprint density at radius 2 is 2.05 bits per heavy atom. The van der Waals surface area contributed by atoms with Crippen molar-refractivity contribution in [2.45, 2.75) is 25.6 Å². The van der Waals surface area contributed by atoms with Crippen LogP contribution in [0.15, 0.2) is 22.7 Å². The molecule has 0 spiro atoms. The molecule has 1 aromatic carbocycles. The zero-order valence-corrected chi connectivity index (χ0v) is 13.2. The van der Waals surface area contributed by atoms with E-state index in [0.29, 0.717) is 24.2 Å². The van der Waals surface area contributed by atoms with Gasteiger partial charge >= 0.3 is 6.18 Å². The van der Waals surface area contributed by atoms with Gasteiger partial charge in [0.1, 0.15) is 0 Å². The lowest BCUT2D eigenvalue weighted by molar-refractivity contribution is -0.137. The molecule has 1 aromatic rings. The molecule has 1 aliphatic rings. The fourth-order valence-electron chi connectivity index (χ4n) is 2.23. The summed E-state index contributed by atoms with van der Waals surface area (Å²) in [6.45, 7) is 4.76. The SMILES string of the molecule is CC1(C)CN(C(=O)c2cc(C(F)(F)F)ccc2Br)CCO1.